The van der Waals surface area contributed by atoms with Crippen LogP contribution in [0.4, 0.5) is 23.0 Å². The van der Waals surface area contributed by atoms with Crippen LogP contribution in [0.25, 0.3) is 11.4 Å². The van der Waals surface area contributed by atoms with Crippen molar-refractivity contribution in [1.29, 1.82) is 0 Å². The molecule has 0 radical (unpaired) electrons. The standard InChI is InChI=1S/C29H33N7O5/c1-35-17-32-29(34-35)21-6-5-7-23(28(21)40-4)36(2)24-12-26(31-14-22(24)27(38)18-8-9-18)33-25-11-10-20(13-30-25)41-16-19(37)15-39-3/h5-7,10-14,17-19,37H,8-9,15-16H2,1-4H3,(H,30,31,33)/t19-/m0/s1. The van der Waals surface area contributed by atoms with Crippen molar-refractivity contribution in [3.8, 4) is 22.9 Å². The Morgan fingerprint density at radius 2 is 1.90 bits per heavy atom. The van der Waals surface area contributed by atoms with Gasteiger partial charge in [-0.2, -0.15) is 5.10 Å². The number of aromatic nitrogens is 5. The summed E-state index contributed by atoms with van der Waals surface area (Å²) in [5.74, 6) is 2.78. The zero-order chi connectivity index (χ0) is 28.9. The van der Waals surface area contributed by atoms with Crippen LogP contribution >= 0.6 is 0 Å². The second-order valence-corrected chi connectivity index (χ2v) is 9.81. The predicted octanol–water partition coefficient (Wildman–Crippen LogP) is 3.77. The van der Waals surface area contributed by atoms with Crippen molar-refractivity contribution >= 4 is 28.8 Å². The molecule has 4 aromatic rings. The van der Waals surface area contributed by atoms with Gasteiger partial charge >= 0.3 is 0 Å². The molecule has 214 valence electrons. The van der Waals surface area contributed by atoms with E-state index >= 15 is 0 Å². The van der Waals surface area contributed by atoms with Crippen molar-refractivity contribution in [3.63, 3.8) is 0 Å². The highest BCUT2D eigenvalue weighted by molar-refractivity contribution is 6.05. The van der Waals surface area contributed by atoms with Gasteiger partial charge in [0.25, 0.3) is 0 Å². The molecule has 1 aliphatic carbocycles. The fraction of sp³-hybridized carbons (Fsp3) is 0.345. The molecule has 0 bridgehead atoms. The number of anilines is 4. The average Bonchev–Trinajstić information content (AvgIpc) is 3.75. The van der Waals surface area contributed by atoms with E-state index in [9.17, 15) is 9.90 Å². The van der Waals surface area contributed by atoms with E-state index in [2.05, 4.69) is 25.4 Å². The Labute approximate surface area is 237 Å². The highest BCUT2D eigenvalue weighted by Gasteiger charge is 2.33. The zero-order valence-electron chi connectivity index (χ0n) is 23.4. The Kier molecular flexibility index (Phi) is 8.41. The summed E-state index contributed by atoms with van der Waals surface area (Å²) in [4.78, 5) is 28.5. The van der Waals surface area contributed by atoms with Crippen LogP contribution in [-0.4, -0.2) is 76.2 Å². The molecule has 1 fully saturated rings. The molecule has 0 spiro atoms. The molecule has 1 atom stereocenters. The van der Waals surface area contributed by atoms with Crippen LogP contribution in [0.15, 0.2) is 55.1 Å². The number of Topliss-reactive ketones (excluding diaryl/α,β-unsaturated/α-hetero) is 1. The number of para-hydroxylation sites is 1. The van der Waals surface area contributed by atoms with E-state index in [4.69, 9.17) is 14.2 Å². The molecule has 3 heterocycles. The first kappa shape index (κ1) is 28.0. The number of nitrogens with zero attached hydrogens (tertiary/aromatic N) is 6. The molecule has 0 unspecified atom stereocenters. The molecular formula is C29H33N7O5. The number of benzene rings is 1. The molecule has 12 heteroatoms. The summed E-state index contributed by atoms with van der Waals surface area (Å²) in [6.45, 7) is 0.280. The number of pyridine rings is 2. The number of ketones is 1. The van der Waals surface area contributed by atoms with Crippen LogP contribution in [0, 0.1) is 5.92 Å². The second kappa shape index (κ2) is 12.3. The Morgan fingerprint density at radius 3 is 2.56 bits per heavy atom. The van der Waals surface area contributed by atoms with Gasteiger partial charge in [-0.15, -0.1) is 0 Å². The fourth-order valence-electron chi connectivity index (χ4n) is 4.42. The van der Waals surface area contributed by atoms with Crippen LogP contribution in [0.2, 0.25) is 0 Å². The van der Waals surface area contributed by atoms with E-state index in [0.29, 0.717) is 40.2 Å². The highest BCUT2D eigenvalue weighted by Crippen LogP contribution is 2.42. The van der Waals surface area contributed by atoms with E-state index in [-0.39, 0.29) is 24.9 Å². The first-order valence-electron chi connectivity index (χ1n) is 13.2. The number of ether oxygens (including phenoxy) is 3. The minimum Gasteiger partial charge on any atom is -0.494 e. The topological polar surface area (TPSA) is 137 Å². The molecule has 5 rings (SSSR count). The van der Waals surface area contributed by atoms with Gasteiger partial charge in [-0.3, -0.25) is 9.48 Å². The zero-order valence-corrected chi connectivity index (χ0v) is 23.4. The monoisotopic (exact) mass is 559 g/mol. The van der Waals surface area contributed by atoms with Gasteiger partial charge in [-0.1, -0.05) is 6.07 Å². The van der Waals surface area contributed by atoms with Crippen molar-refractivity contribution < 1.29 is 24.1 Å². The fourth-order valence-corrected chi connectivity index (χ4v) is 4.42. The van der Waals surface area contributed by atoms with E-state index in [1.807, 2.05) is 43.3 Å². The molecule has 0 amide bonds. The van der Waals surface area contributed by atoms with Crippen LogP contribution in [0.5, 0.6) is 11.5 Å². The minimum atomic E-state index is -0.728. The summed E-state index contributed by atoms with van der Waals surface area (Å²) < 4.78 is 17.9. The number of methoxy groups -OCH3 is 2. The van der Waals surface area contributed by atoms with Gasteiger partial charge in [0.2, 0.25) is 0 Å². The highest BCUT2D eigenvalue weighted by atomic mass is 16.5. The van der Waals surface area contributed by atoms with Gasteiger partial charge in [0.05, 0.1) is 42.4 Å². The maximum Gasteiger partial charge on any atom is 0.184 e. The number of aliphatic hydroxyl groups excluding tert-OH is 1. The Morgan fingerprint density at radius 1 is 1.10 bits per heavy atom. The van der Waals surface area contributed by atoms with E-state index in [1.165, 1.54) is 7.11 Å². The third-order valence-corrected chi connectivity index (χ3v) is 6.65. The lowest BCUT2D eigenvalue weighted by Gasteiger charge is -2.25. The number of hydrogen-bond donors (Lipinski definition) is 2. The number of carbonyl (C=O) groups is 1. The van der Waals surface area contributed by atoms with E-state index in [1.54, 1.807) is 42.6 Å². The number of aryl methyl sites for hydroxylation is 1. The predicted molar refractivity (Wildman–Crippen MR) is 153 cm³/mol. The minimum absolute atomic E-state index is 0.0188. The number of rotatable bonds is 13. The molecule has 12 nitrogen and oxygen atoms in total. The smallest absolute Gasteiger partial charge is 0.184 e. The first-order chi connectivity index (χ1) is 19.9. The molecule has 0 saturated heterocycles. The van der Waals surface area contributed by atoms with Crippen molar-refractivity contribution in [1.82, 2.24) is 24.7 Å². The van der Waals surface area contributed by atoms with Gasteiger partial charge in [0, 0.05) is 39.4 Å². The quantitative estimate of drug-likeness (QED) is 0.232. The molecular weight excluding hydrogens is 526 g/mol. The summed E-state index contributed by atoms with van der Waals surface area (Å²) in [5.41, 5.74) is 2.70. The number of nitrogens with one attached hydrogen (secondary N) is 1. The second-order valence-electron chi connectivity index (χ2n) is 9.81. The average molecular weight is 560 g/mol. The number of aliphatic hydroxyl groups is 1. The first-order valence-corrected chi connectivity index (χ1v) is 13.2. The molecule has 1 saturated carbocycles. The Balaban J connectivity index is 1.43. The van der Waals surface area contributed by atoms with E-state index < -0.39 is 6.10 Å². The molecule has 0 aliphatic heterocycles. The van der Waals surface area contributed by atoms with Crippen molar-refractivity contribution in [2.24, 2.45) is 13.0 Å². The summed E-state index contributed by atoms with van der Waals surface area (Å²) in [6, 6.07) is 11.1. The van der Waals surface area contributed by atoms with Gasteiger partial charge in [0.15, 0.2) is 17.4 Å². The lowest BCUT2D eigenvalue weighted by atomic mass is 10.1. The lowest BCUT2D eigenvalue weighted by Crippen LogP contribution is -2.22. The number of carbonyl (C=O) groups excluding carboxylic acids is 1. The number of hydrogen-bond acceptors (Lipinski definition) is 11. The third kappa shape index (κ3) is 6.44. The SMILES string of the molecule is COC[C@H](O)COc1ccc(Nc2cc(N(C)c3cccc(-c4ncn(C)n4)c3OC)c(C(=O)C3CC3)cn2)nc1. The van der Waals surface area contributed by atoms with Crippen molar-refractivity contribution in [2.45, 2.75) is 18.9 Å². The third-order valence-electron chi connectivity index (χ3n) is 6.65. The molecule has 41 heavy (non-hydrogen) atoms. The van der Waals surface area contributed by atoms with Crippen LogP contribution in [0.3, 0.4) is 0 Å². The summed E-state index contributed by atoms with van der Waals surface area (Å²) in [7, 11) is 6.82. The summed E-state index contributed by atoms with van der Waals surface area (Å²) >= 11 is 0. The van der Waals surface area contributed by atoms with Crippen LogP contribution < -0.4 is 19.7 Å². The van der Waals surface area contributed by atoms with Gasteiger partial charge in [-0.25, -0.2) is 15.0 Å². The van der Waals surface area contributed by atoms with Gasteiger partial charge < -0.3 is 29.5 Å². The molecule has 2 N–H and O–H groups in total. The molecule has 3 aromatic heterocycles. The van der Waals surface area contributed by atoms with Crippen LogP contribution in [0.1, 0.15) is 23.2 Å². The van der Waals surface area contributed by atoms with Gasteiger partial charge in [0.1, 0.15) is 36.4 Å². The Bertz CT molecular complexity index is 1500. The normalized spacial score (nSPS) is 13.5. The maximum atomic E-state index is 13.3. The van der Waals surface area contributed by atoms with E-state index in [0.717, 1.165) is 24.1 Å². The van der Waals surface area contributed by atoms with Gasteiger partial charge in [-0.05, 0) is 37.1 Å². The Hall–Kier alpha value is -4.55. The molecule has 1 aromatic carbocycles. The van der Waals surface area contributed by atoms with Crippen LogP contribution in [-0.2, 0) is 11.8 Å². The summed E-state index contributed by atoms with van der Waals surface area (Å²) in [6.07, 6.45) is 5.84. The van der Waals surface area contributed by atoms with Crippen molar-refractivity contribution in [2.75, 3.05) is 44.7 Å². The maximum absolute atomic E-state index is 13.3. The summed E-state index contributed by atoms with van der Waals surface area (Å²) in [5, 5.41) is 17.4. The largest absolute Gasteiger partial charge is 0.494 e. The molecule has 1 aliphatic rings. The lowest BCUT2D eigenvalue weighted by molar-refractivity contribution is 0.0325. The van der Waals surface area contributed by atoms with Crippen molar-refractivity contribution in [3.05, 3.63) is 60.7 Å².